The first-order chi connectivity index (χ1) is 16.8. The number of hydrogen-bond acceptors (Lipinski definition) is 5. The van der Waals surface area contributed by atoms with Crippen molar-refractivity contribution in [3.63, 3.8) is 0 Å². The normalized spacial score (nSPS) is 11.5. The van der Waals surface area contributed by atoms with Gasteiger partial charge in [-0.2, -0.15) is 0 Å². The highest BCUT2D eigenvalue weighted by Crippen LogP contribution is 2.32. The molecule has 180 valence electrons. The van der Waals surface area contributed by atoms with E-state index in [2.05, 4.69) is 71.9 Å². The summed E-state index contributed by atoms with van der Waals surface area (Å²) < 4.78 is 7.70. The molecule has 0 aliphatic carbocycles. The molecule has 1 aromatic heterocycles. The van der Waals surface area contributed by atoms with Gasteiger partial charge in [0.05, 0.1) is 13.7 Å². The molecule has 4 rings (SSSR count). The molecule has 0 aliphatic rings. The number of nitrogens with zero attached hydrogens (tertiary/aromatic N) is 3. The van der Waals surface area contributed by atoms with Gasteiger partial charge in [-0.3, -0.25) is 9.36 Å². The van der Waals surface area contributed by atoms with Crippen LogP contribution in [0.2, 0.25) is 0 Å². The Morgan fingerprint density at radius 3 is 2.31 bits per heavy atom. The van der Waals surface area contributed by atoms with E-state index in [4.69, 9.17) is 4.74 Å². The number of thioether (sulfide) groups is 1. The minimum absolute atomic E-state index is 0.0344. The molecule has 4 aromatic rings. The van der Waals surface area contributed by atoms with Gasteiger partial charge in [0.2, 0.25) is 0 Å². The number of aromatic nitrogens is 3. The summed E-state index contributed by atoms with van der Waals surface area (Å²) in [5.41, 5.74) is 5.21. The lowest BCUT2D eigenvalue weighted by atomic mass is 9.87. The highest BCUT2D eigenvalue weighted by molar-refractivity contribution is 7.98. The van der Waals surface area contributed by atoms with Gasteiger partial charge in [-0.05, 0) is 41.7 Å². The molecule has 1 heterocycles. The Bertz CT molecular complexity index is 1310. The van der Waals surface area contributed by atoms with Gasteiger partial charge in [-0.1, -0.05) is 87.1 Å². The van der Waals surface area contributed by atoms with E-state index in [0.717, 1.165) is 27.9 Å². The lowest BCUT2D eigenvalue weighted by Crippen LogP contribution is -2.10. The number of rotatable bonds is 8. The third-order valence-electron chi connectivity index (χ3n) is 5.95. The number of methoxy groups -OCH3 is 1. The standard InChI is InChI=1S/C29H31N3O2S/c1-20(33)23-13-16-26(34-5)24(17-23)19-35-28-31-30-27(32(28)18-21-9-7-6-8-10-21)22-11-14-25(15-12-22)29(2,3)4/h6-17H,18-19H2,1-5H3. The molecule has 0 amide bonds. The molecule has 3 aromatic carbocycles. The third-order valence-corrected chi connectivity index (χ3v) is 6.97. The van der Waals surface area contributed by atoms with Crippen molar-refractivity contribution in [3.8, 4) is 17.1 Å². The van der Waals surface area contributed by atoms with Crippen LogP contribution in [0.25, 0.3) is 11.4 Å². The number of benzene rings is 3. The second-order valence-corrected chi connectivity index (χ2v) is 10.5. The van der Waals surface area contributed by atoms with Crippen LogP contribution in [-0.2, 0) is 17.7 Å². The Morgan fingerprint density at radius 2 is 1.69 bits per heavy atom. The van der Waals surface area contributed by atoms with Crippen LogP contribution < -0.4 is 4.74 Å². The van der Waals surface area contributed by atoms with Crippen molar-refractivity contribution in [1.29, 1.82) is 0 Å². The molecule has 35 heavy (non-hydrogen) atoms. The fourth-order valence-electron chi connectivity index (χ4n) is 3.89. The maximum absolute atomic E-state index is 11.9. The molecule has 0 aliphatic heterocycles. The minimum atomic E-state index is 0.0344. The topological polar surface area (TPSA) is 57.0 Å². The van der Waals surface area contributed by atoms with Crippen molar-refractivity contribution in [2.45, 2.75) is 50.6 Å². The summed E-state index contributed by atoms with van der Waals surface area (Å²) in [5, 5.41) is 9.96. The van der Waals surface area contributed by atoms with Crippen molar-refractivity contribution < 1.29 is 9.53 Å². The molecule has 5 nitrogen and oxygen atoms in total. The van der Waals surface area contributed by atoms with Crippen LogP contribution in [0.4, 0.5) is 0 Å². The van der Waals surface area contributed by atoms with Crippen molar-refractivity contribution in [1.82, 2.24) is 14.8 Å². The van der Waals surface area contributed by atoms with Crippen LogP contribution in [-0.4, -0.2) is 27.7 Å². The lowest BCUT2D eigenvalue weighted by molar-refractivity contribution is 0.101. The molecule has 0 spiro atoms. The highest BCUT2D eigenvalue weighted by Gasteiger charge is 2.18. The second kappa shape index (κ2) is 10.5. The predicted octanol–water partition coefficient (Wildman–Crippen LogP) is 6.79. The lowest BCUT2D eigenvalue weighted by Gasteiger charge is -2.19. The fraction of sp³-hybridized carbons (Fsp3) is 0.276. The summed E-state index contributed by atoms with van der Waals surface area (Å²) in [6.45, 7) is 8.88. The van der Waals surface area contributed by atoms with Crippen LogP contribution in [0, 0.1) is 0 Å². The summed E-state index contributed by atoms with van der Waals surface area (Å²) in [7, 11) is 1.65. The zero-order valence-electron chi connectivity index (χ0n) is 20.9. The van der Waals surface area contributed by atoms with Gasteiger partial charge in [0.1, 0.15) is 5.75 Å². The average molecular weight is 486 g/mol. The van der Waals surface area contributed by atoms with E-state index in [1.807, 2.05) is 30.3 Å². The summed E-state index contributed by atoms with van der Waals surface area (Å²) in [5.74, 6) is 2.24. The molecule has 0 fully saturated rings. The molecular formula is C29H31N3O2S. The summed E-state index contributed by atoms with van der Waals surface area (Å²) in [6.07, 6.45) is 0. The first-order valence-electron chi connectivity index (χ1n) is 11.6. The van der Waals surface area contributed by atoms with E-state index in [0.29, 0.717) is 17.9 Å². The van der Waals surface area contributed by atoms with E-state index in [1.165, 1.54) is 11.1 Å². The fourth-order valence-corrected chi connectivity index (χ4v) is 4.81. The first kappa shape index (κ1) is 24.7. The van der Waals surface area contributed by atoms with Crippen molar-refractivity contribution in [2.75, 3.05) is 7.11 Å². The van der Waals surface area contributed by atoms with Gasteiger partial charge in [0.25, 0.3) is 0 Å². The Hall–Kier alpha value is -3.38. The van der Waals surface area contributed by atoms with E-state index >= 15 is 0 Å². The Kier molecular flexibility index (Phi) is 7.41. The number of hydrogen-bond donors (Lipinski definition) is 0. The molecule has 0 N–H and O–H groups in total. The molecule has 0 saturated carbocycles. The van der Waals surface area contributed by atoms with Gasteiger partial charge in [-0.15, -0.1) is 10.2 Å². The maximum atomic E-state index is 11.9. The average Bonchev–Trinajstić information content (AvgIpc) is 3.24. The summed E-state index contributed by atoms with van der Waals surface area (Å²) in [6, 6.07) is 24.5. The van der Waals surface area contributed by atoms with E-state index < -0.39 is 0 Å². The van der Waals surface area contributed by atoms with Crippen molar-refractivity contribution >= 4 is 17.5 Å². The number of ketones is 1. The number of Topliss-reactive ketones (excluding diaryl/α,β-unsaturated/α-hetero) is 1. The molecule has 0 unspecified atom stereocenters. The molecule has 0 saturated heterocycles. The van der Waals surface area contributed by atoms with Crippen LogP contribution in [0.1, 0.15) is 54.7 Å². The van der Waals surface area contributed by atoms with Crippen LogP contribution in [0.5, 0.6) is 5.75 Å². The quantitative estimate of drug-likeness (QED) is 0.203. The monoisotopic (exact) mass is 485 g/mol. The minimum Gasteiger partial charge on any atom is -0.496 e. The number of ether oxygens (including phenoxy) is 1. The van der Waals surface area contributed by atoms with Gasteiger partial charge in [0, 0.05) is 22.4 Å². The first-order valence-corrected chi connectivity index (χ1v) is 12.6. The van der Waals surface area contributed by atoms with E-state index in [1.54, 1.807) is 31.9 Å². The number of carbonyl (C=O) groups is 1. The van der Waals surface area contributed by atoms with Crippen molar-refractivity contribution in [3.05, 3.63) is 95.1 Å². The third kappa shape index (κ3) is 5.82. The van der Waals surface area contributed by atoms with Crippen molar-refractivity contribution in [2.24, 2.45) is 0 Å². The predicted molar refractivity (Wildman–Crippen MR) is 142 cm³/mol. The Balaban J connectivity index is 1.68. The second-order valence-electron chi connectivity index (χ2n) is 9.58. The van der Waals surface area contributed by atoms with Crippen LogP contribution in [0.3, 0.4) is 0 Å². The van der Waals surface area contributed by atoms with Gasteiger partial charge in [0.15, 0.2) is 16.8 Å². The molecule has 0 atom stereocenters. The molecule has 6 heteroatoms. The van der Waals surface area contributed by atoms with Crippen LogP contribution in [0.15, 0.2) is 78.0 Å². The Labute approximate surface area is 211 Å². The Morgan fingerprint density at radius 1 is 0.971 bits per heavy atom. The SMILES string of the molecule is COc1ccc(C(C)=O)cc1CSc1nnc(-c2ccc(C(C)(C)C)cc2)n1Cc1ccccc1. The highest BCUT2D eigenvalue weighted by atomic mass is 32.2. The van der Waals surface area contributed by atoms with Crippen LogP contribution >= 0.6 is 11.8 Å². The number of carbonyl (C=O) groups excluding carboxylic acids is 1. The largest absolute Gasteiger partial charge is 0.496 e. The maximum Gasteiger partial charge on any atom is 0.192 e. The van der Waals surface area contributed by atoms with Gasteiger partial charge < -0.3 is 4.74 Å². The zero-order chi connectivity index (χ0) is 25.0. The molecule has 0 radical (unpaired) electrons. The van der Waals surface area contributed by atoms with E-state index in [9.17, 15) is 4.79 Å². The van der Waals surface area contributed by atoms with Gasteiger partial charge in [-0.25, -0.2) is 0 Å². The molecular weight excluding hydrogens is 454 g/mol. The smallest absolute Gasteiger partial charge is 0.192 e. The summed E-state index contributed by atoms with van der Waals surface area (Å²) >= 11 is 1.59. The molecule has 0 bridgehead atoms. The zero-order valence-corrected chi connectivity index (χ0v) is 21.7. The summed E-state index contributed by atoms with van der Waals surface area (Å²) in [4.78, 5) is 11.9. The van der Waals surface area contributed by atoms with Gasteiger partial charge >= 0.3 is 0 Å². The van der Waals surface area contributed by atoms with E-state index in [-0.39, 0.29) is 11.2 Å².